The molecule has 0 bridgehead atoms. The van der Waals surface area contributed by atoms with E-state index in [1.807, 2.05) is 18.2 Å². The normalized spacial score (nSPS) is 9.92. The molecule has 2 aromatic rings. The Kier molecular flexibility index (Phi) is 2.75. The Morgan fingerprint density at radius 2 is 1.92 bits per heavy atom. The van der Waals surface area contributed by atoms with Crippen LogP contribution in [0, 0.1) is 0 Å². The zero-order valence-electron chi connectivity index (χ0n) is 6.80. The molecular formula is C8H9ClN3O-. The monoisotopic (exact) mass is 198 g/mol. The van der Waals surface area contributed by atoms with E-state index < -0.39 is 0 Å². The standard InChI is InChI=1S/C8H9N3O.ClH/c9-4-5-1-2-6-7(3-5)11-8(12)10-6;/h1-3H,4,9H2,(H2,10,11,12);1H/p-1. The highest BCUT2D eigenvalue weighted by Crippen LogP contribution is 2.08. The maximum Gasteiger partial charge on any atom is 0.323 e. The largest absolute Gasteiger partial charge is 1.00 e. The Balaban J connectivity index is 0.000000845. The molecule has 1 heterocycles. The number of benzene rings is 1. The van der Waals surface area contributed by atoms with Gasteiger partial charge in [-0.3, -0.25) is 0 Å². The first-order valence-electron chi connectivity index (χ1n) is 3.70. The van der Waals surface area contributed by atoms with Crippen LogP contribution in [0.1, 0.15) is 5.56 Å². The Morgan fingerprint density at radius 3 is 2.62 bits per heavy atom. The van der Waals surface area contributed by atoms with Gasteiger partial charge in [0.25, 0.3) is 0 Å². The van der Waals surface area contributed by atoms with Crippen LogP contribution < -0.4 is 23.8 Å². The number of halogens is 1. The van der Waals surface area contributed by atoms with Gasteiger partial charge in [-0.05, 0) is 17.7 Å². The van der Waals surface area contributed by atoms with Crippen molar-refractivity contribution in [2.45, 2.75) is 6.54 Å². The van der Waals surface area contributed by atoms with Gasteiger partial charge in [0.2, 0.25) is 0 Å². The van der Waals surface area contributed by atoms with Crippen molar-refractivity contribution < 1.29 is 12.4 Å². The molecule has 4 N–H and O–H groups in total. The summed E-state index contributed by atoms with van der Waals surface area (Å²) in [4.78, 5) is 16.2. The van der Waals surface area contributed by atoms with Crippen molar-refractivity contribution in [2.24, 2.45) is 5.73 Å². The van der Waals surface area contributed by atoms with Gasteiger partial charge in [0.1, 0.15) is 0 Å². The smallest absolute Gasteiger partial charge is 0.323 e. The first-order chi connectivity index (χ1) is 5.79. The van der Waals surface area contributed by atoms with Crippen LogP contribution in [0.25, 0.3) is 11.0 Å². The Morgan fingerprint density at radius 1 is 1.23 bits per heavy atom. The molecule has 0 fully saturated rings. The molecule has 0 amide bonds. The van der Waals surface area contributed by atoms with E-state index in [2.05, 4.69) is 9.97 Å². The van der Waals surface area contributed by atoms with E-state index in [4.69, 9.17) is 5.73 Å². The van der Waals surface area contributed by atoms with Crippen molar-refractivity contribution in [1.29, 1.82) is 0 Å². The van der Waals surface area contributed by atoms with E-state index in [9.17, 15) is 4.79 Å². The number of nitrogens with one attached hydrogen (secondary N) is 2. The zero-order chi connectivity index (χ0) is 8.55. The fourth-order valence-electron chi connectivity index (χ4n) is 1.21. The molecule has 0 aliphatic carbocycles. The lowest BCUT2D eigenvalue weighted by Gasteiger charge is -1.94. The molecular weight excluding hydrogens is 190 g/mol. The predicted molar refractivity (Wildman–Crippen MR) is 46.8 cm³/mol. The summed E-state index contributed by atoms with van der Waals surface area (Å²) in [5, 5.41) is 0. The first kappa shape index (κ1) is 9.83. The van der Waals surface area contributed by atoms with Gasteiger partial charge in [-0.25, -0.2) is 4.79 Å². The molecule has 70 valence electrons. The van der Waals surface area contributed by atoms with Gasteiger partial charge < -0.3 is 28.1 Å². The molecule has 0 saturated carbocycles. The van der Waals surface area contributed by atoms with Gasteiger partial charge in [0.15, 0.2) is 0 Å². The summed E-state index contributed by atoms with van der Waals surface area (Å²) in [6, 6.07) is 5.61. The topological polar surface area (TPSA) is 74.7 Å². The molecule has 13 heavy (non-hydrogen) atoms. The third-order valence-corrected chi connectivity index (χ3v) is 1.82. The quantitative estimate of drug-likeness (QED) is 0.467. The number of nitrogens with two attached hydrogens (primary N) is 1. The van der Waals surface area contributed by atoms with Crippen LogP contribution in [0.5, 0.6) is 0 Å². The van der Waals surface area contributed by atoms with Crippen LogP contribution in [0.4, 0.5) is 0 Å². The molecule has 0 atom stereocenters. The minimum Gasteiger partial charge on any atom is -1.00 e. The van der Waals surface area contributed by atoms with Gasteiger partial charge in [-0.15, -0.1) is 0 Å². The number of hydrogen-bond donors (Lipinski definition) is 3. The predicted octanol–water partition coefficient (Wildman–Crippen LogP) is -2.68. The summed E-state index contributed by atoms with van der Waals surface area (Å²) >= 11 is 0. The fraction of sp³-hybridized carbons (Fsp3) is 0.125. The van der Waals surface area contributed by atoms with Crippen molar-refractivity contribution in [3.05, 3.63) is 34.2 Å². The molecule has 1 aromatic heterocycles. The van der Waals surface area contributed by atoms with Crippen LogP contribution in [-0.2, 0) is 6.54 Å². The molecule has 0 aliphatic heterocycles. The van der Waals surface area contributed by atoms with Crippen LogP contribution in [0.3, 0.4) is 0 Å². The summed E-state index contributed by atoms with van der Waals surface area (Å²) in [5.41, 5.74) is 7.90. The highest BCUT2D eigenvalue weighted by atomic mass is 35.5. The molecule has 0 aliphatic rings. The second-order valence-corrected chi connectivity index (χ2v) is 2.66. The van der Waals surface area contributed by atoms with E-state index in [0.717, 1.165) is 16.6 Å². The summed E-state index contributed by atoms with van der Waals surface area (Å²) in [6.07, 6.45) is 0. The van der Waals surface area contributed by atoms with E-state index >= 15 is 0 Å². The minimum atomic E-state index is -0.181. The zero-order valence-corrected chi connectivity index (χ0v) is 7.56. The van der Waals surface area contributed by atoms with E-state index in [0.29, 0.717) is 6.54 Å². The van der Waals surface area contributed by atoms with Crippen molar-refractivity contribution in [3.63, 3.8) is 0 Å². The van der Waals surface area contributed by atoms with E-state index in [1.165, 1.54) is 0 Å². The lowest BCUT2D eigenvalue weighted by molar-refractivity contribution is -0.00000270. The summed E-state index contributed by atoms with van der Waals surface area (Å²) < 4.78 is 0. The molecule has 5 heteroatoms. The fourth-order valence-corrected chi connectivity index (χ4v) is 1.21. The third-order valence-electron chi connectivity index (χ3n) is 1.82. The maximum absolute atomic E-state index is 10.8. The molecule has 0 unspecified atom stereocenters. The number of H-pyrrole nitrogens is 2. The molecule has 0 radical (unpaired) electrons. The van der Waals surface area contributed by atoms with Crippen LogP contribution in [-0.4, -0.2) is 9.97 Å². The Hall–Kier alpha value is -1.26. The van der Waals surface area contributed by atoms with Crippen molar-refractivity contribution >= 4 is 11.0 Å². The van der Waals surface area contributed by atoms with Gasteiger partial charge in [-0.2, -0.15) is 0 Å². The second kappa shape index (κ2) is 3.64. The van der Waals surface area contributed by atoms with Crippen molar-refractivity contribution in [1.82, 2.24) is 9.97 Å². The molecule has 0 spiro atoms. The van der Waals surface area contributed by atoms with Crippen molar-refractivity contribution in [2.75, 3.05) is 0 Å². The van der Waals surface area contributed by atoms with Gasteiger partial charge in [-0.1, -0.05) is 6.07 Å². The average Bonchev–Trinajstić information content (AvgIpc) is 2.43. The maximum atomic E-state index is 10.8. The minimum absolute atomic E-state index is 0. The van der Waals surface area contributed by atoms with Crippen LogP contribution in [0.2, 0.25) is 0 Å². The average molecular weight is 199 g/mol. The van der Waals surface area contributed by atoms with Crippen molar-refractivity contribution in [3.8, 4) is 0 Å². The number of aromatic amines is 2. The molecule has 2 rings (SSSR count). The van der Waals surface area contributed by atoms with Crippen LogP contribution >= 0.6 is 0 Å². The summed E-state index contributed by atoms with van der Waals surface area (Å²) in [7, 11) is 0. The SMILES string of the molecule is NCc1ccc2[nH]c(=O)[nH]c2c1.[Cl-]. The third kappa shape index (κ3) is 1.74. The second-order valence-electron chi connectivity index (χ2n) is 2.66. The number of hydrogen-bond acceptors (Lipinski definition) is 2. The van der Waals surface area contributed by atoms with Crippen LogP contribution in [0.15, 0.2) is 23.0 Å². The molecule has 1 aromatic carbocycles. The number of rotatable bonds is 1. The van der Waals surface area contributed by atoms with Gasteiger partial charge in [0, 0.05) is 6.54 Å². The molecule has 4 nitrogen and oxygen atoms in total. The Bertz CT molecular complexity index is 460. The van der Waals surface area contributed by atoms with E-state index in [1.54, 1.807) is 0 Å². The highest BCUT2D eigenvalue weighted by molar-refractivity contribution is 5.74. The van der Waals surface area contributed by atoms with Gasteiger partial charge >= 0.3 is 5.69 Å². The lowest BCUT2D eigenvalue weighted by Crippen LogP contribution is -3.00. The van der Waals surface area contributed by atoms with E-state index in [-0.39, 0.29) is 18.1 Å². The summed E-state index contributed by atoms with van der Waals surface area (Å²) in [6.45, 7) is 0.489. The van der Waals surface area contributed by atoms with Gasteiger partial charge in [0.05, 0.1) is 11.0 Å². The summed E-state index contributed by atoms with van der Waals surface area (Å²) in [5.74, 6) is 0. The number of aromatic nitrogens is 2. The number of fused-ring (bicyclic) bond motifs is 1. The number of imidazole rings is 1. The highest BCUT2D eigenvalue weighted by Gasteiger charge is 1.97. The Labute approximate surface area is 80.6 Å². The lowest BCUT2D eigenvalue weighted by atomic mass is 10.2. The first-order valence-corrected chi connectivity index (χ1v) is 3.70. The molecule has 0 saturated heterocycles.